The van der Waals surface area contributed by atoms with E-state index in [4.69, 9.17) is 23.9 Å². The number of Topliss-reactive ketones (excluding diaryl/α,β-unsaturated/α-hetero) is 1. The number of benzene rings is 3. The number of ketones is 1. The van der Waals surface area contributed by atoms with Gasteiger partial charge in [-0.2, -0.15) is 0 Å². The molecule has 4 aromatic rings. The van der Waals surface area contributed by atoms with Crippen molar-refractivity contribution in [3.05, 3.63) is 93.2 Å². The molecule has 7 heteroatoms. The van der Waals surface area contributed by atoms with Gasteiger partial charge in [0.15, 0.2) is 17.6 Å². The minimum atomic E-state index is -0.970. The van der Waals surface area contributed by atoms with Gasteiger partial charge in [-0.3, -0.25) is 4.79 Å². The van der Waals surface area contributed by atoms with Crippen LogP contribution in [-0.4, -0.2) is 44.2 Å². The lowest BCUT2D eigenvalue weighted by molar-refractivity contribution is 0.0318. The van der Waals surface area contributed by atoms with E-state index >= 15 is 0 Å². The fourth-order valence-electron chi connectivity index (χ4n) is 6.47. The number of pyridine rings is 1. The Morgan fingerprint density at radius 2 is 1.51 bits per heavy atom. The maximum absolute atomic E-state index is 14.3. The Morgan fingerprint density at radius 1 is 0.872 bits per heavy atom. The summed E-state index contributed by atoms with van der Waals surface area (Å²) in [5, 5.41) is 0.708. The minimum absolute atomic E-state index is 0.0665. The van der Waals surface area contributed by atoms with Crippen molar-refractivity contribution in [3.63, 3.8) is 0 Å². The van der Waals surface area contributed by atoms with Crippen molar-refractivity contribution in [3.8, 4) is 17.2 Å². The van der Waals surface area contributed by atoms with Crippen LogP contribution in [0.3, 0.4) is 0 Å². The molecule has 47 heavy (non-hydrogen) atoms. The monoisotopic (exact) mass is 635 g/mol. The number of aryl methyl sites for hydroxylation is 3. The van der Waals surface area contributed by atoms with Crippen molar-refractivity contribution in [1.29, 1.82) is 0 Å². The van der Waals surface area contributed by atoms with Crippen molar-refractivity contribution >= 4 is 34.3 Å². The van der Waals surface area contributed by atoms with Gasteiger partial charge in [0.05, 0.1) is 38.1 Å². The van der Waals surface area contributed by atoms with E-state index in [1.807, 2.05) is 69.3 Å². The van der Waals surface area contributed by atoms with Crippen molar-refractivity contribution in [2.24, 2.45) is 11.3 Å². The Labute approximate surface area is 277 Å². The highest BCUT2D eigenvalue weighted by molar-refractivity contribution is 6.08. The summed E-state index contributed by atoms with van der Waals surface area (Å²) in [5.74, 6) is 1.08. The second-order valence-electron chi connectivity index (χ2n) is 13.6. The predicted octanol–water partition coefficient (Wildman–Crippen LogP) is 8.76. The Bertz CT molecular complexity index is 1870. The van der Waals surface area contributed by atoms with E-state index in [9.17, 15) is 9.59 Å². The average Bonchev–Trinajstić information content (AvgIpc) is 3.03. The number of ether oxygens (including phenoxy) is 4. The number of para-hydroxylation sites is 1. The van der Waals surface area contributed by atoms with Crippen LogP contribution in [0.5, 0.6) is 17.2 Å². The van der Waals surface area contributed by atoms with Crippen LogP contribution in [0.25, 0.3) is 22.6 Å². The zero-order valence-electron chi connectivity index (χ0n) is 29.2. The van der Waals surface area contributed by atoms with E-state index in [1.165, 1.54) is 0 Å². The van der Waals surface area contributed by atoms with E-state index in [0.717, 1.165) is 45.5 Å². The lowest BCUT2D eigenvalue weighted by Crippen LogP contribution is -2.30. The molecule has 0 radical (unpaired) electrons. The van der Waals surface area contributed by atoms with Gasteiger partial charge in [-0.05, 0) is 116 Å². The number of carbonyl (C=O) groups is 2. The maximum Gasteiger partial charge on any atom is 0.339 e. The van der Waals surface area contributed by atoms with Gasteiger partial charge in [0.2, 0.25) is 11.5 Å². The lowest BCUT2D eigenvalue weighted by Gasteiger charge is -2.37. The van der Waals surface area contributed by atoms with Gasteiger partial charge in [-0.1, -0.05) is 45.0 Å². The minimum Gasteiger partial charge on any atom is -0.493 e. The van der Waals surface area contributed by atoms with Crippen LogP contribution in [0.15, 0.2) is 48.5 Å². The quantitative estimate of drug-likeness (QED) is 0.141. The lowest BCUT2D eigenvalue weighted by atomic mass is 9.69. The first-order valence-corrected chi connectivity index (χ1v) is 16.0. The standard InChI is InChI=1S/C40H45NO6/c1-22-15-24(3)30(16-23(22)2)37(42)25(4)47-39(43)35-29-13-11-12-14-32(29)41-36-27(20-28(21-31(35)36)40(5,6)7)17-26-18-33(44-8)38(46-10)34(19-26)45-9/h11-19,25,28H,20-21H2,1-10H3/b27-17-/t25-,28+/m1/s1. The molecule has 0 amide bonds. The van der Waals surface area contributed by atoms with Crippen LogP contribution in [0, 0.1) is 32.1 Å². The normalized spacial score (nSPS) is 16.0. The second-order valence-corrected chi connectivity index (χ2v) is 13.6. The van der Waals surface area contributed by atoms with E-state index in [2.05, 4.69) is 26.8 Å². The average molecular weight is 636 g/mol. The van der Waals surface area contributed by atoms with Crippen molar-refractivity contribution in [1.82, 2.24) is 4.98 Å². The second kappa shape index (κ2) is 13.2. The van der Waals surface area contributed by atoms with E-state index in [-0.39, 0.29) is 17.1 Å². The molecule has 0 saturated heterocycles. The molecule has 7 nitrogen and oxygen atoms in total. The molecule has 0 fully saturated rings. The molecule has 1 aliphatic rings. The highest BCUT2D eigenvalue weighted by Gasteiger charge is 2.36. The van der Waals surface area contributed by atoms with E-state index in [0.29, 0.717) is 45.7 Å². The van der Waals surface area contributed by atoms with Gasteiger partial charge in [0.25, 0.3) is 0 Å². The third kappa shape index (κ3) is 6.62. The van der Waals surface area contributed by atoms with Crippen molar-refractivity contribution in [2.45, 2.75) is 67.4 Å². The van der Waals surface area contributed by atoms with Gasteiger partial charge < -0.3 is 18.9 Å². The Hall–Kier alpha value is -4.65. The van der Waals surface area contributed by atoms with Crippen molar-refractivity contribution < 1.29 is 28.5 Å². The Morgan fingerprint density at radius 3 is 2.13 bits per heavy atom. The molecular weight excluding hydrogens is 590 g/mol. The summed E-state index contributed by atoms with van der Waals surface area (Å²) in [6, 6.07) is 15.3. The summed E-state index contributed by atoms with van der Waals surface area (Å²) in [6.45, 7) is 14.2. The molecule has 0 saturated carbocycles. The molecule has 1 aliphatic carbocycles. The molecule has 5 rings (SSSR count). The Kier molecular flexibility index (Phi) is 9.48. The number of fused-ring (bicyclic) bond motifs is 2. The number of methoxy groups -OCH3 is 3. The van der Waals surface area contributed by atoms with Crippen LogP contribution >= 0.6 is 0 Å². The van der Waals surface area contributed by atoms with Crippen LogP contribution in [0.1, 0.15) is 88.3 Å². The number of allylic oxidation sites excluding steroid dienone is 1. The van der Waals surface area contributed by atoms with Crippen LogP contribution in [0.2, 0.25) is 0 Å². The molecule has 0 spiro atoms. The van der Waals surface area contributed by atoms with Crippen molar-refractivity contribution in [2.75, 3.05) is 21.3 Å². The number of aromatic nitrogens is 1. The summed E-state index contributed by atoms with van der Waals surface area (Å²) in [7, 11) is 4.77. The third-order valence-corrected chi connectivity index (χ3v) is 9.43. The number of hydrogen-bond donors (Lipinski definition) is 0. The zero-order chi connectivity index (χ0) is 34.2. The van der Waals surface area contributed by atoms with Crippen LogP contribution in [0.4, 0.5) is 0 Å². The first-order chi connectivity index (χ1) is 22.3. The fourth-order valence-corrected chi connectivity index (χ4v) is 6.47. The van der Waals surface area contributed by atoms with Crippen LogP contribution < -0.4 is 14.2 Å². The number of carbonyl (C=O) groups excluding carboxylic acids is 2. The Balaban J connectivity index is 1.65. The first kappa shape index (κ1) is 33.7. The molecule has 1 aromatic heterocycles. The predicted molar refractivity (Wildman–Crippen MR) is 187 cm³/mol. The fraction of sp³-hybridized carbons (Fsp3) is 0.375. The highest BCUT2D eigenvalue weighted by Crippen LogP contribution is 2.46. The third-order valence-electron chi connectivity index (χ3n) is 9.43. The van der Waals surface area contributed by atoms with Crippen LogP contribution in [-0.2, 0) is 11.2 Å². The molecule has 0 bridgehead atoms. The molecule has 3 aromatic carbocycles. The highest BCUT2D eigenvalue weighted by atomic mass is 16.5. The maximum atomic E-state index is 14.3. The first-order valence-electron chi connectivity index (χ1n) is 16.0. The SMILES string of the molecule is COc1cc(/C=C2/C[C@H](C(C)(C)C)Cc3c2nc2ccccc2c3C(=O)O[C@H](C)C(=O)c2cc(C)c(C)cc2C)cc(OC)c1OC. The van der Waals surface area contributed by atoms with E-state index in [1.54, 1.807) is 28.3 Å². The molecular formula is C40H45NO6. The molecule has 2 atom stereocenters. The molecule has 0 aliphatic heterocycles. The summed E-state index contributed by atoms with van der Waals surface area (Å²) < 4.78 is 22.8. The number of hydrogen-bond acceptors (Lipinski definition) is 7. The smallest absolute Gasteiger partial charge is 0.339 e. The molecule has 246 valence electrons. The topological polar surface area (TPSA) is 84.0 Å². The summed E-state index contributed by atoms with van der Waals surface area (Å²) in [4.78, 5) is 33.0. The van der Waals surface area contributed by atoms with Gasteiger partial charge >= 0.3 is 5.97 Å². The van der Waals surface area contributed by atoms with Gasteiger partial charge in [0, 0.05) is 10.9 Å². The number of rotatable bonds is 8. The summed E-state index contributed by atoms with van der Waals surface area (Å²) in [6.07, 6.45) is 2.52. The summed E-state index contributed by atoms with van der Waals surface area (Å²) in [5.41, 5.74) is 8.10. The van der Waals surface area contributed by atoms with E-state index < -0.39 is 12.1 Å². The summed E-state index contributed by atoms with van der Waals surface area (Å²) >= 11 is 0. The number of esters is 1. The molecule has 0 unspecified atom stereocenters. The number of nitrogens with zero attached hydrogens (tertiary/aromatic N) is 1. The van der Waals surface area contributed by atoms with Gasteiger partial charge in [-0.15, -0.1) is 0 Å². The molecule has 0 N–H and O–H groups in total. The largest absolute Gasteiger partial charge is 0.493 e. The zero-order valence-corrected chi connectivity index (χ0v) is 29.2. The van der Waals surface area contributed by atoms with Gasteiger partial charge in [-0.25, -0.2) is 9.78 Å². The van der Waals surface area contributed by atoms with Gasteiger partial charge in [0.1, 0.15) is 0 Å². The molecule has 1 heterocycles.